The summed E-state index contributed by atoms with van der Waals surface area (Å²) in [5.41, 5.74) is 6.52. The minimum absolute atomic E-state index is 0.116. The highest BCUT2D eigenvalue weighted by atomic mass is 16.6. The first-order chi connectivity index (χ1) is 27.3. The van der Waals surface area contributed by atoms with E-state index in [4.69, 9.17) is 4.74 Å². The maximum atomic E-state index is 14.3. The van der Waals surface area contributed by atoms with Gasteiger partial charge in [-0.3, -0.25) is 29.8 Å². The molecule has 5 rings (SSSR count). The van der Waals surface area contributed by atoms with Crippen LogP contribution in [-0.4, -0.2) is 87.7 Å². The Bertz CT molecular complexity index is 2060. The quantitative estimate of drug-likeness (QED) is 0.0706. The average molecular weight is 781 g/mol. The van der Waals surface area contributed by atoms with Crippen molar-refractivity contribution < 1.29 is 33.8 Å². The van der Waals surface area contributed by atoms with Gasteiger partial charge in [0.1, 0.15) is 23.5 Å². The largest absolute Gasteiger partial charge is 0.481 e. The van der Waals surface area contributed by atoms with Gasteiger partial charge in [-0.15, -0.1) is 0 Å². The number of carboxylic acid groups (broad SMARTS) is 1. The summed E-state index contributed by atoms with van der Waals surface area (Å²) in [6.07, 6.45) is 2.37. The second kappa shape index (κ2) is 19.5. The average Bonchev–Trinajstić information content (AvgIpc) is 3.57. The van der Waals surface area contributed by atoms with Crippen LogP contribution in [0.4, 0.5) is 15.3 Å². The summed E-state index contributed by atoms with van der Waals surface area (Å²) in [4.78, 5) is 73.2. The van der Waals surface area contributed by atoms with Crippen LogP contribution in [-0.2, 0) is 32.0 Å². The van der Waals surface area contributed by atoms with Crippen molar-refractivity contribution in [2.45, 2.75) is 89.9 Å². The standard InChI is InChI=1S/C42H52N8O7/c1-27-14-8-10-18-31(27)47-40(55)43-22-13-12-20-33(37-45-35(25-36(51)52)39(54)50(49-37)23-21-28-15-6-5-7-16-28)46-38(53)34(48-41(56)57-42(2,3)4)24-29-26-44-32-19-11-9-17-30(29)32/h5-11,14-19,26,33-35,44H,12-13,20-25H2,1-4H3,(H,45,49)(H,46,53)(H,48,56)(H,51,52)(H2,43,47,55). The number of benzene rings is 3. The number of hydrogen-bond acceptors (Lipinski definition) is 8. The number of carbonyl (C=O) groups excluding carboxylic acids is 4. The molecule has 0 radical (unpaired) electrons. The van der Waals surface area contributed by atoms with Crippen molar-refractivity contribution in [1.82, 2.24) is 31.4 Å². The molecule has 0 saturated heterocycles. The Morgan fingerprint density at radius 2 is 1.67 bits per heavy atom. The Kier molecular flexibility index (Phi) is 14.3. The summed E-state index contributed by atoms with van der Waals surface area (Å²) in [6.45, 7) is 7.61. The van der Waals surface area contributed by atoms with Crippen LogP contribution in [0.2, 0.25) is 0 Å². The lowest BCUT2D eigenvalue weighted by molar-refractivity contribution is -0.143. The van der Waals surface area contributed by atoms with E-state index in [1.807, 2.05) is 85.8 Å². The zero-order chi connectivity index (χ0) is 41.0. The van der Waals surface area contributed by atoms with Crippen LogP contribution in [0.25, 0.3) is 10.9 Å². The molecule has 5 amide bonds. The van der Waals surface area contributed by atoms with E-state index >= 15 is 0 Å². The van der Waals surface area contributed by atoms with E-state index in [0.717, 1.165) is 27.6 Å². The molecule has 3 atom stereocenters. The molecule has 0 aliphatic carbocycles. The Hall–Kier alpha value is -6.38. The zero-order valence-corrected chi connectivity index (χ0v) is 32.8. The van der Waals surface area contributed by atoms with E-state index in [-0.39, 0.29) is 24.8 Å². The van der Waals surface area contributed by atoms with Crippen molar-refractivity contribution in [3.05, 3.63) is 102 Å². The zero-order valence-electron chi connectivity index (χ0n) is 32.8. The smallest absolute Gasteiger partial charge is 0.408 e. The molecule has 7 N–H and O–H groups in total. The fourth-order valence-electron chi connectivity index (χ4n) is 6.43. The number of para-hydroxylation sites is 2. The molecule has 3 unspecified atom stereocenters. The van der Waals surface area contributed by atoms with Crippen molar-refractivity contribution in [3.8, 4) is 0 Å². The summed E-state index contributed by atoms with van der Waals surface area (Å²) in [6, 6.07) is 21.1. The number of alkyl carbamates (subject to hydrolysis) is 1. The van der Waals surface area contributed by atoms with Gasteiger partial charge in [-0.25, -0.2) is 9.59 Å². The van der Waals surface area contributed by atoms with Crippen LogP contribution in [0.5, 0.6) is 0 Å². The van der Waals surface area contributed by atoms with Gasteiger partial charge in [0.25, 0.3) is 5.91 Å². The number of hydrogen-bond donors (Lipinski definition) is 7. The summed E-state index contributed by atoms with van der Waals surface area (Å²) in [5.74, 6) is -2.04. The van der Waals surface area contributed by atoms with Crippen molar-refractivity contribution in [2.24, 2.45) is 4.99 Å². The number of anilines is 1. The molecule has 0 spiro atoms. The minimum Gasteiger partial charge on any atom is -0.481 e. The number of nitrogens with one attached hydrogen (secondary N) is 6. The van der Waals surface area contributed by atoms with Crippen molar-refractivity contribution in [1.29, 1.82) is 0 Å². The highest BCUT2D eigenvalue weighted by molar-refractivity contribution is 6.00. The lowest BCUT2D eigenvalue weighted by atomic mass is 10.0. The summed E-state index contributed by atoms with van der Waals surface area (Å²) < 4.78 is 5.53. The van der Waals surface area contributed by atoms with E-state index in [2.05, 4.69) is 36.7 Å². The number of aromatic amines is 1. The maximum Gasteiger partial charge on any atom is 0.408 e. The van der Waals surface area contributed by atoms with Crippen LogP contribution in [0.3, 0.4) is 0 Å². The lowest BCUT2D eigenvalue weighted by Crippen LogP contribution is -2.62. The number of hydrazine groups is 1. The van der Waals surface area contributed by atoms with Crippen molar-refractivity contribution >= 4 is 52.3 Å². The fraction of sp³-hybridized carbons (Fsp3) is 0.381. The van der Waals surface area contributed by atoms with Gasteiger partial charge in [0.2, 0.25) is 5.91 Å². The highest BCUT2D eigenvalue weighted by Crippen LogP contribution is 2.21. The van der Waals surface area contributed by atoms with Gasteiger partial charge in [0.15, 0.2) is 0 Å². The van der Waals surface area contributed by atoms with Gasteiger partial charge in [-0.05, 0) is 82.2 Å². The van der Waals surface area contributed by atoms with E-state index in [1.165, 1.54) is 5.01 Å². The fourth-order valence-corrected chi connectivity index (χ4v) is 6.43. The normalized spacial score (nSPS) is 15.2. The molecule has 0 saturated carbocycles. The molecule has 4 aromatic rings. The predicted molar refractivity (Wildman–Crippen MR) is 218 cm³/mol. The van der Waals surface area contributed by atoms with E-state index in [1.54, 1.807) is 27.0 Å². The predicted octanol–water partition coefficient (Wildman–Crippen LogP) is 5.22. The number of ether oxygens (including phenoxy) is 1. The number of amidine groups is 1. The topological polar surface area (TPSA) is 206 Å². The maximum absolute atomic E-state index is 14.3. The number of aryl methyl sites for hydroxylation is 1. The number of rotatable bonds is 17. The number of unbranched alkanes of at least 4 members (excludes halogenated alkanes) is 1. The number of aliphatic imine (C=N–C) groups is 1. The van der Waals surface area contributed by atoms with Crippen LogP contribution in [0, 0.1) is 6.92 Å². The molecular weight excluding hydrogens is 729 g/mol. The second-order valence-electron chi connectivity index (χ2n) is 15.0. The molecule has 15 heteroatoms. The van der Waals surface area contributed by atoms with Crippen LogP contribution in [0.1, 0.15) is 63.1 Å². The van der Waals surface area contributed by atoms with E-state index in [9.17, 15) is 29.1 Å². The number of urea groups is 1. The first kappa shape index (κ1) is 41.8. The third kappa shape index (κ3) is 12.6. The van der Waals surface area contributed by atoms with Gasteiger partial charge in [-0.2, -0.15) is 0 Å². The Morgan fingerprint density at radius 1 is 0.947 bits per heavy atom. The SMILES string of the molecule is Cc1ccccc1NC(=O)NCCCCC(NC(=O)C(Cc1c[nH]c2ccccc12)NC(=O)OC(C)(C)C)C1=NC(CC(=O)O)C(=O)N(CCc2ccccc2)N1. The summed E-state index contributed by atoms with van der Waals surface area (Å²) in [7, 11) is 0. The summed E-state index contributed by atoms with van der Waals surface area (Å²) in [5, 5.41) is 23.4. The second-order valence-corrected chi connectivity index (χ2v) is 15.0. The molecule has 302 valence electrons. The number of nitrogens with zero attached hydrogens (tertiary/aromatic N) is 2. The van der Waals surface area contributed by atoms with Crippen LogP contribution in [0.15, 0.2) is 90.1 Å². The molecule has 57 heavy (non-hydrogen) atoms. The first-order valence-electron chi connectivity index (χ1n) is 19.1. The van der Waals surface area contributed by atoms with E-state index in [0.29, 0.717) is 37.9 Å². The molecule has 2 heterocycles. The first-order valence-corrected chi connectivity index (χ1v) is 19.1. The molecule has 3 aromatic carbocycles. The highest BCUT2D eigenvalue weighted by Gasteiger charge is 2.36. The lowest BCUT2D eigenvalue weighted by Gasteiger charge is -2.35. The van der Waals surface area contributed by atoms with Crippen LogP contribution < -0.4 is 26.7 Å². The third-order valence-electron chi connectivity index (χ3n) is 9.28. The number of aliphatic carboxylic acids is 1. The van der Waals surface area contributed by atoms with Gasteiger partial charge in [0.05, 0.1) is 12.5 Å². The number of fused-ring (bicyclic) bond motifs is 1. The molecule has 15 nitrogen and oxygen atoms in total. The van der Waals surface area contributed by atoms with Gasteiger partial charge in [-0.1, -0.05) is 66.7 Å². The molecule has 0 bridgehead atoms. The van der Waals surface area contributed by atoms with Gasteiger partial charge in [0, 0.05) is 42.3 Å². The van der Waals surface area contributed by atoms with E-state index < -0.39 is 54.0 Å². The molecule has 1 aliphatic heterocycles. The Morgan fingerprint density at radius 3 is 2.40 bits per heavy atom. The van der Waals surface area contributed by atoms with Gasteiger partial charge < -0.3 is 36.1 Å². The van der Waals surface area contributed by atoms with Crippen LogP contribution >= 0.6 is 0 Å². The molecule has 0 fully saturated rings. The number of H-pyrrole nitrogens is 1. The monoisotopic (exact) mass is 780 g/mol. The number of carboxylic acids is 1. The Labute approximate surface area is 332 Å². The van der Waals surface area contributed by atoms with Crippen molar-refractivity contribution in [3.63, 3.8) is 0 Å². The molecule has 1 aliphatic rings. The Balaban J connectivity index is 1.37. The third-order valence-corrected chi connectivity index (χ3v) is 9.28. The minimum atomic E-state index is -1.23. The van der Waals surface area contributed by atoms with Gasteiger partial charge >= 0.3 is 18.1 Å². The number of amides is 5. The molecular formula is C42H52N8O7. The number of aromatic nitrogens is 1. The van der Waals surface area contributed by atoms with Crippen molar-refractivity contribution in [2.75, 3.05) is 18.4 Å². The number of carbonyl (C=O) groups is 5. The summed E-state index contributed by atoms with van der Waals surface area (Å²) >= 11 is 0. The molecule has 1 aromatic heterocycles.